The number of aryl methyl sites for hydroxylation is 1. The molecular formula is C14H22N4OS. The van der Waals surface area contributed by atoms with Crippen LogP contribution in [0.15, 0.2) is 9.90 Å². The van der Waals surface area contributed by atoms with E-state index in [-0.39, 0.29) is 5.92 Å². The highest BCUT2D eigenvalue weighted by Crippen LogP contribution is 2.20. The van der Waals surface area contributed by atoms with Crippen LogP contribution in [0.25, 0.3) is 0 Å². The summed E-state index contributed by atoms with van der Waals surface area (Å²) in [6.07, 6.45) is 1.69. The van der Waals surface area contributed by atoms with Gasteiger partial charge in [0.25, 0.3) is 0 Å². The summed E-state index contributed by atoms with van der Waals surface area (Å²) < 4.78 is 5.41. The predicted molar refractivity (Wildman–Crippen MR) is 80.1 cm³/mol. The smallest absolute Gasteiger partial charge is 0.231 e. The normalized spacial score (nSPS) is 14.4. The molecule has 0 amide bonds. The van der Waals surface area contributed by atoms with E-state index in [4.69, 9.17) is 4.52 Å². The van der Waals surface area contributed by atoms with Gasteiger partial charge in [0.2, 0.25) is 5.89 Å². The second kappa shape index (κ2) is 6.95. The fourth-order valence-corrected chi connectivity index (χ4v) is 3.02. The maximum atomic E-state index is 5.41. The molecule has 6 heteroatoms. The summed E-state index contributed by atoms with van der Waals surface area (Å²) in [5.74, 6) is 1.65. The van der Waals surface area contributed by atoms with E-state index in [1.165, 1.54) is 0 Å². The molecule has 110 valence electrons. The quantitative estimate of drug-likeness (QED) is 0.850. The van der Waals surface area contributed by atoms with E-state index >= 15 is 0 Å². The molecule has 0 aromatic carbocycles. The van der Waals surface area contributed by atoms with E-state index < -0.39 is 0 Å². The standard InChI is InChI=1S/C14H22N4OS/c1-5-11(15-6-2)10(4)14-17-12(18-19-14)7-13-16-9(3)8-20-13/h8,10-11,15H,5-7H2,1-4H3. The first kappa shape index (κ1) is 15.1. The SMILES string of the molecule is CCNC(CC)C(C)c1nc(Cc2nc(C)cs2)no1. The lowest BCUT2D eigenvalue weighted by Crippen LogP contribution is -2.33. The van der Waals surface area contributed by atoms with Gasteiger partial charge in [-0.1, -0.05) is 25.9 Å². The molecule has 0 radical (unpaired) electrons. The lowest BCUT2D eigenvalue weighted by molar-refractivity contribution is 0.319. The molecule has 0 fully saturated rings. The maximum Gasteiger partial charge on any atom is 0.231 e. The predicted octanol–water partition coefficient (Wildman–Crippen LogP) is 2.92. The molecule has 2 aromatic heterocycles. The van der Waals surface area contributed by atoms with Crippen molar-refractivity contribution in [2.24, 2.45) is 0 Å². The monoisotopic (exact) mass is 294 g/mol. The number of likely N-dealkylation sites (N-methyl/N-ethyl adjacent to an activating group) is 1. The Bertz CT molecular complexity index is 537. The van der Waals surface area contributed by atoms with Gasteiger partial charge in [0.15, 0.2) is 5.82 Å². The van der Waals surface area contributed by atoms with E-state index in [9.17, 15) is 0 Å². The molecule has 0 saturated heterocycles. The van der Waals surface area contributed by atoms with Gasteiger partial charge in [-0.05, 0) is 19.9 Å². The fraction of sp³-hybridized carbons (Fsp3) is 0.643. The second-order valence-corrected chi connectivity index (χ2v) is 5.91. The van der Waals surface area contributed by atoms with Gasteiger partial charge in [-0.25, -0.2) is 4.98 Å². The summed E-state index contributed by atoms with van der Waals surface area (Å²) >= 11 is 1.64. The highest BCUT2D eigenvalue weighted by molar-refractivity contribution is 7.09. The Morgan fingerprint density at radius 1 is 1.35 bits per heavy atom. The van der Waals surface area contributed by atoms with E-state index in [1.807, 2.05) is 12.3 Å². The molecule has 2 unspecified atom stereocenters. The van der Waals surface area contributed by atoms with Crippen LogP contribution in [0.5, 0.6) is 0 Å². The zero-order chi connectivity index (χ0) is 14.5. The molecule has 20 heavy (non-hydrogen) atoms. The van der Waals surface area contributed by atoms with Gasteiger partial charge >= 0.3 is 0 Å². The topological polar surface area (TPSA) is 63.8 Å². The van der Waals surface area contributed by atoms with Crippen molar-refractivity contribution in [3.63, 3.8) is 0 Å². The fourth-order valence-electron chi connectivity index (χ4n) is 2.25. The van der Waals surface area contributed by atoms with Crippen LogP contribution >= 0.6 is 11.3 Å². The third-order valence-corrected chi connectivity index (χ3v) is 4.33. The van der Waals surface area contributed by atoms with E-state index in [0.717, 1.165) is 23.7 Å². The number of hydrogen-bond donors (Lipinski definition) is 1. The molecule has 2 heterocycles. The molecule has 2 aromatic rings. The molecule has 1 N–H and O–H groups in total. The van der Waals surface area contributed by atoms with Crippen molar-refractivity contribution >= 4 is 11.3 Å². The van der Waals surface area contributed by atoms with Crippen LogP contribution in [0.1, 0.15) is 55.5 Å². The van der Waals surface area contributed by atoms with Crippen LogP contribution in [0.3, 0.4) is 0 Å². The Morgan fingerprint density at radius 2 is 2.15 bits per heavy atom. The third-order valence-electron chi connectivity index (χ3n) is 3.36. The molecule has 0 bridgehead atoms. The minimum Gasteiger partial charge on any atom is -0.339 e. The second-order valence-electron chi connectivity index (χ2n) is 4.97. The largest absolute Gasteiger partial charge is 0.339 e. The van der Waals surface area contributed by atoms with Crippen molar-refractivity contribution in [1.82, 2.24) is 20.4 Å². The average molecular weight is 294 g/mol. The summed E-state index contributed by atoms with van der Waals surface area (Å²) in [7, 11) is 0. The van der Waals surface area contributed by atoms with Crippen molar-refractivity contribution in [2.75, 3.05) is 6.54 Å². The van der Waals surface area contributed by atoms with Gasteiger partial charge in [-0.2, -0.15) is 4.98 Å². The molecule has 2 atom stereocenters. The number of thiazole rings is 1. The molecule has 0 aliphatic heterocycles. The van der Waals surface area contributed by atoms with Crippen LogP contribution in [-0.4, -0.2) is 27.7 Å². The number of rotatable bonds is 7. The first-order chi connectivity index (χ1) is 9.63. The summed E-state index contributed by atoms with van der Waals surface area (Å²) in [6.45, 7) is 9.34. The zero-order valence-corrected chi connectivity index (χ0v) is 13.3. The van der Waals surface area contributed by atoms with Crippen molar-refractivity contribution < 1.29 is 4.52 Å². The van der Waals surface area contributed by atoms with Gasteiger partial charge in [0.05, 0.1) is 12.3 Å². The first-order valence-corrected chi connectivity index (χ1v) is 7.98. The van der Waals surface area contributed by atoms with Crippen molar-refractivity contribution in [3.05, 3.63) is 27.8 Å². The summed E-state index contributed by atoms with van der Waals surface area (Å²) in [4.78, 5) is 8.94. The minimum atomic E-state index is 0.222. The maximum absolute atomic E-state index is 5.41. The van der Waals surface area contributed by atoms with Gasteiger partial charge in [0, 0.05) is 17.1 Å². The van der Waals surface area contributed by atoms with Crippen LogP contribution in [0.2, 0.25) is 0 Å². The van der Waals surface area contributed by atoms with E-state index in [0.29, 0.717) is 24.2 Å². The summed E-state index contributed by atoms with van der Waals surface area (Å²) in [5.41, 5.74) is 1.04. The van der Waals surface area contributed by atoms with Crippen LogP contribution in [-0.2, 0) is 6.42 Å². The van der Waals surface area contributed by atoms with Gasteiger partial charge in [0.1, 0.15) is 5.01 Å². The van der Waals surface area contributed by atoms with Crippen molar-refractivity contribution in [2.45, 2.75) is 52.5 Å². The van der Waals surface area contributed by atoms with Crippen LogP contribution in [0.4, 0.5) is 0 Å². The highest BCUT2D eigenvalue weighted by atomic mass is 32.1. The molecule has 5 nitrogen and oxygen atoms in total. The van der Waals surface area contributed by atoms with Gasteiger partial charge in [-0.3, -0.25) is 0 Å². The zero-order valence-electron chi connectivity index (χ0n) is 12.5. The minimum absolute atomic E-state index is 0.222. The number of aromatic nitrogens is 3. The average Bonchev–Trinajstić information content (AvgIpc) is 3.05. The first-order valence-electron chi connectivity index (χ1n) is 7.10. The molecule has 0 spiro atoms. The van der Waals surface area contributed by atoms with E-state index in [1.54, 1.807) is 11.3 Å². The van der Waals surface area contributed by atoms with Crippen LogP contribution in [0, 0.1) is 6.92 Å². The Hall–Kier alpha value is -1.27. The Labute approximate surface area is 123 Å². The summed E-state index contributed by atoms with van der Waals surface area (Å²) in [6, 6.07) is 0.371. The third kappa shape index (κ3) is 3.64. The number of hydrogen-bond acceptors (Lipinski definition) is 6. The number of nitrogens with zero attached hydrogens (tertiary/aromatic N) is 3. The van der Waals surface area contributed by atoms with Crippen molar-refractivity contribution in [3.8, 4) is 0 Å². The Kier molecular flexibility index (Phi) is 5.25. The van der Waals surface area contributed by atoms with E-state index in [2.05, 4.69) is 41.2 Å². The Morgan fingerprint density at radius 3 is 2.75 bits per heavy atom. The lowest BCUT2D eigenvalue weighted by atomic mass is 9.99. The molecule has 0 aliphatic rings. The van der Waals surface area contributed by atoms with Gasteiger partial charge < -0.3 is 9.84 Å². The molecule has 0 saturated carbocycles. The molecule has 0 aliphatic carbocycles. The number of nitrogens with one attached hydrogen (secondary N) is 1. The molecular weight excluding hydrogens is 272 g/mol. The van der Waals surface area contributed by atoms with Gasteiger partial charge in [-0.15, -0.1) is 11.3 Å². The molecule has 2 rings (SSSR count). The lowest BCUT2D eigenvalue weighted by Gasteiger charge is -2.20. The highest BCUT2D eigenvalue weighted by Gasteiger charge is 2.22. The van der Waals surface area contributed by atoms with Crippen LogP contribution < -0.4 is 5.32 Å². The Balaban J connectivity index is 2.04. The van der Waals surface area contributed by atoms with Crippen molar-refractivity contribution in [1.29, 1.82) is 0 Å². The summed E-state index contributed by atoms with van der Waals surface area (Å²) in [5, 5.41) is 10.6.